The van der Waals surface area contributed by atoms with E-state index in [2.05, 4.69) is 9.98 Å². The van der Waals surface area contributed by atoms with Crippen molar-refractivity contribution in [3.8, 4) is 5.88 Å². The standard InChI is InChI=1S/C22H32N2O2/c25-21-17-18(20(24-21)16-13-9-5-2-6-10-14-16)22(26)23-19(17)15-11-7-3-1-4-8-12-15/h15-16,23,26H,1-14H2. The zero-order chi connectivity index (χ0) is 17.9. The van der Waals surface area contributed by atoms with E-state index in [1.807, 2.05) is 0 Å². The highest BCUT2D eigenvalue weighted by Crippen LogP contribution is 2.41. The number of nitrogens with one attached hydrogen (secondary N) is 1. The molecule has 0 radical (unpaired) electrons. The second kappa shape index (κ2) is 7.98. The summed E-state index contributed by atoms with van der Waals surface area (Å²) in [7, 11) is 0. The lowest BCUT2D eigenvalue weighted by Crippen LogP contribution is -2.15. The van der Waals surface area contributed by atoms with Crippen LogP contribution in [0.3, 0.4) is 0 Å². The maximum Gasteiger partial charge on any atom is 0.279 e. The van der Waals surface area contributed by atoms with E-state index in [-0.39, 0.29) is 11.8 Å². The number of aliphatic imine (C=N–C) groups is 1. The molecule has 4 nitrogen and oxygen atoms in total. The van der Waals surface area contributed by atoms with Gasteiger partial charge in [0, 0.05) is 11.6 Å². The molecule has 1 aromatic rings. The predicted octanol–water partition coefficient (Wildman–Crippen LogP) is 5.85. The quantitative estimate of drug-likeness (QED) is 0.698. The van der Waals surface area contributed by atoms with Crippen LogP contribution in [-0.2, 0) is 0 Å². The zero-order valence-corrected chi connectivity index (χ0v) is 15.9. The maximum absolute atomic E-state index is 12.8. The number of nitrogens with zero attached hydrogens (tertiary/aromatic N) is 1. The van der Waals surface area contributed by atoms with Crippen molar-refractivity contribution in [3.63, 3.8) is 0 Å². The summed E-state index contributed by atoms with van der Waals surface area (Å²) in [5.74, 6) is 0.752. The summed E-state index contributed by atoms with van der Waals surface area (Å²) in [5.41, 5.74) is 3.29. The van der Waals surface area contributed by atoms with Crippen molar-refractivity contribution in [1.29, 1.82) is 0 Å². The summed E-state index contributed by atoms with van der Waals surface area (Å²) in [6, 6.07) is 0. The largest absolute Gasteiger partial charge is 0.494 e. The van der Waals surface area contributed by atoms with Gasteiger partial charge in [-0.3, -0.25) is 4.79 Å². The highest BCUT2D eigenvalue weighted by molar-refractivity contribution is 6.24. The summed E-state index contributed by atoms with van der Waals surface area (Å²) in [6.07, 6.45) is 17.0. The Balaban J connectivity index is 1.62. The van der Waals surface area contributed by atoms with Gasteiger partial charge in [-0.15, -0.1) is 0 Å². The van der Waals surface area contributed by atoms with Gasteiger partial charge in [-0.25, -0.2) is 4.99 Å². The number of carbonyl (C=O) groups excluding carboxylic acids is 1. The van der Waals surface area contributed by atoms with Crippen LogP contribution in [0.5, 0.6) is 5.88 Å². The Morgan fingerprint density at radius 2 is 1.23 bits per heavy atom. The van der Waals surface area contributed by atoms with Crippen LogP contribution in [0.4, 0.5) is 0 Å². The molecule has 0 unspecified atom stereocenters. The van der Waals surface area contributed by atoms with E-state index in [4.69, 9.17) is 0 Å². The van der Waals surface area contributed by atoms with Crippen LogP contribution in [-0.4, -0.2) is 21.7 Å². The average molecular weight is 357 g/mol. The fourth-order valence-electron chi connectivity index (χ4n) is 5.27. The van der Waals surface area contributed by atoms with Gasteiger partial charge in [0.2, 0.25) is 0 Å². The Bertz CT molecular complexity index is 673. The minimum absolute atomic E-state index is 0.120. The van der Waals surface area contributed by atoms with E-state index in [0.29, 0.717) is 17.4 Å². The summed E-state index contributed by atoms with van der Waals surface area (Å²) >= 11 is 0. The van der Waals surface area contributed by atoms with Gasteiger partial charge in [0.1, 0.15) is 0 Å². The zero-order valence-electron chi connectivity index (χ0n) is 15.9. The smallest absolute Gasteiger partial charge is 0.279 e. The first kappa shape index (κ1) is 17.8. The molecule has 0 saturated heterocycles. The van der Waals surface area contributed by atoms with Gasteiger partial charge in [-0.05, 0) is 31.6 Å². The van der Waals surface area contributed by atoms with Crippen molar-refractivity contribution in [2.24, 2.45) is 10.9 Å². The topological polar surface area (TPSA) is 65.4 Å². The first-order valence-corrected chi connectivity index (χ1v) is 10.8. The van der Waals surface area contributed by atoms with Crippen molar-refractivity contribution in [2.45, 2.75) is 95.8 Å². The molecule has 0 spiro atoms. The van der Waals surface area contributed by atoms with Crippen LogP contribution in [0, 0.1) is 5.92 Å². The molecule has 4 rings (SSSR count). The number of H-pyrrole nitrogens is 1. The molecular weight excluding hydrogens is 324 g/mol. The second-order valence-corrected chi connectivity index (χ2v) is 8.52. The van der Waals surface area contributed by atoms with E-state index in [9.17, 15) is 9.90 Å². The Kier molecular flexibility index (Phi) is 5.46. The third-order valence-electron chi connectivity index (χ3n) is 6.71. The number of hydrogen-bond donors (Lipinski definition) is 2. The van der Waals surface area contributed by atoms with Crippen LogP contribution < -0.4 is 0 Å². The van der Waals surface area contributed by atoms with Crippen molar-refractivity contribution in [3.05, 3.63) is 16.8 Å². The van der Waals surface area contributed by atoms with Crippen LogP contribution in [0.25, 0.3) is 0 Å². The normalized spacial score (nSPS) is 23.7. The minimum atomic E-state index is -0.120. The number of hydrogen-bond acceptors (Lipinski definition) is 2. The third-order valence-corrected chi connectivity index (χ3v) is 6.71. The minimum Gasteiger partial charge on any atom is -0.494 e. The van der Waals surface area contributed by atoms with Crippen molar-refractivity contribution >= 4 is 11.6 Å². The van der Waals surface area contributed by atoms with Crippen LogP contribution in [0.2, 0.25) is 0 Å². The van der Waals surface area contributed by atoms with Crippen LogP contribution >= 0.6 is 0 Å². The summed E-state index contributed by atoms with van der Waals surface area (Å²) < 4.78 is 0. The van der Waals surface area contributed by atoms with E-state index in [1.54, 1.807) is 0 Å². The molecule has 4 heteroatoms. The monoisotopic (exact) mass is 356 g/mol. The first-order valence-electron chi connectivity index (χ1n) is 10.8. The highest BCUT2D eigenvalue weighted by Gasteiger charge is 2.37. The number of aromatic amines is 1. The maximum atomic E-state index is 12.8. The van der Waals surface area contributed by atoms with Crippen LogP contribution in [0.1, 0.15) is 117 Å². The SMILES string of the molecule is O=C1N=C(C2CCCCCCC2)c2c(O)[nH]c(C3CCCCCCC3)c21. The van der Waals surface area contributed by atoms with Gasteiger partial charge in [-0.2, -0.15) is 0 Å². The Labute approximate surface area is 156 Å². The molecular formula is C22H32N2O2. The van der Waals surface area contributed by atoms with E-state index in [1.165, 1.54) is 64.2 Å². The molecule has 2 fully saturated rings. The summed E-state index contributed by atoms with van der Waals surface area (Å²) in [5, 5.41) is 10.7. The van der Waals surface area contributed by atoms with Crippen LogP contribution in [0.15, 0.2) is 4.99 Å². The number of fused-ring (bicyclic) bond motifs is 1. The van der Waals surface area contributed by atoms with Gasteiger partial charge in [0.05, 0.1) is 16.8 Å². The summed E-state index contributed by atoms with van der Waals surface area (Å²) in [6.45, 7) is 0. The molecule has 0 bridgehead atoms. The molecule has 1 aliphatic heterocycles. The number of rotatable bonds is 2. The van der Waals surface area contributed by atoms with Gasteiger partial charge in [0.25, 0.3) is 5.91 Å². The molecule has 2 saturated carbocycles. The fraction of sp³-hybridized carbons (Fsp3) is 0.727. The molecule has 0 atom stereocenters. The Morgan fingerprint density at radius 3 is 1.81 bits per heavy atom. The number of aromatic nitrogens is 1. The lowest BCUT2D eigenvalue weighted by Gasteiger charge is -2.19. The lowest BCUT2D eigenvalue weighted by atomic mass is 9.84. The molecule has 0 aromatic carbocycles. The van der Waals surface area contributed by atoms with Crippen molar-refractivity contribution in [1.82, 2.24) is 4.98 Å². The molecule has 2 aliphatic carbocycles. The second-order valence-electron chi connectivity index (χ2n) is 8.52. The van der Waals surface area contributed by atoms with Gasteiger partial charge in [-0.1, -0.05) is 64.2 Å². The average Bonchev–Trinajstić information content (AvgIpc) is 3.07. The predicted molar refractivity (Wildman–Crippen MR) is 104 cm³/mol. The van der Waals surface area contributed by atoms with Crippen molar-refractivity contribution < 1.29 is 9.90 Å². The Hall–Kier alpha value is -1.58. The molecule has 142 valence electrons. The first-order chi connectivity index (χ1) is 12.8. The molecule has 2 heterocycles. The third kappa shape index (κ3) is 3.47. The van der Waals surface area contributed by atoms with E-state index >= 15 is 0 Å². The molecule has 1 amide bonds. The van der Waals surface area contributed by atoms with Crippen molar-refractivity contribution in [2.75, 3.05) is 0 Å². The highest BCUT2D eigenvalue weighted by atomic mass is 16.3. The molecule has 2 N–H and O–H groups in total. The van der Waals surface area contributed by atoms with Gasteiger partial charge >= 0.3 is 0 Å². The summed E-state index contributed by atoms with van der Waals surface area (Å²) in [4.78, 5) is 20.5. The fourth-order valence-corrected chi connectivity index (χ4v) is 5.27. The van der Waals surface area contributed by atoms with E-state index in [0.717, 1.165) is 42.7 Å². The molecule has 26 heavy (non-hydrogen) atoms. The molecule has 3 aliphatic rings. The number of aromatic hydroxyl groups is 1. The molecule has 1 aromatic heterocycles. The lowest BCUT2D eigenvalue weighted by molar-refractivity contribution is 0.100. The van der Waals surface area contributed by atoms with Gasteiger partial charge in [0.15, 0.2) is 5.88 Å². The number of amides is 1. The van der Waals surface area contributed by atoms with Gasteiger partial charge < -0.3 is 10.1 Å². The number of carbonyl (C=O) groups is 1. The van der Waals surface area contributed by atoms with E-state index < -0.39 is 0 Å². The Morgan fingerprint density at radius 1 is 0.731 bits per heavy atom.